The summed E-state index contributed by atoms with van der Waals surface area (Å²) in [5, 5.41) is 5.94. The van der Waals surface area contributed by atoms with E-state index in [1.807, 2.05) is 25.1 Å². The van der Waals surface area contributed by atoms with Gasteiger partial charge in [-0.15, -0.1) is 0 Å². The molecule has 26 heavy (non-hydrogen) atoms. The van der Waals surface area contributed by atoms with Gasteiger partial charge in [0.25, 0.3) is 0 Å². The number of anilines is 1. The molecule has 142 valence electrons. The standard InChI is InChI=1S/C20H30N4O2/c1-4-23-9-5-6-18(23)12-21-20(26)22-16-11-19(25)24(13-16)17-8-7-14(2)15(3)10-17/h7-8,10,16,18H,4-6,9,11-13H2,1-3H3,(H2,21,22,26)/t16-,18-/m0/s1. The molecule has 3 amide bonds. The second-order valence-corrected chi connectivity index (χ2v) is 7.45. The zero-order chi connectivity index (χ0) is 18.7. The van der Waals surface area contributed by atoms with Crippen LogP contribution in [-0.4, -0.2) is 55.1 Å². The lowest BCUT2D eigenvalue weighted by Crippen LogP contribution is -2.47. The molecule has 0 spiro atoms. The lowest BCUT2D eigenvalue weighted by atomic mass is 10.1. The summed E-state index contributed by atoms with van der Waals surface area (Å²) >= 11 is 0. The van der Waals surface area contributed by atoms with Gasteiger partial charge in [-0.25, -0.2) is 4.79 Å². The molecule has 0 aromatic heterocycles. The molecule has 2 saturated heterocycles. The minimum absolute atomic E-state index is 0.0616. The summed E-state index contributed by atoms with van der Waals surface area (Å²) in [4.78, 5) is 28.8. The summed E-state index contributed by atoms with van der Waals surface area (Å²) in [7, 11) is 0. The number of urea groups is 1. The third kappa shape index (κ3) is 4.18. The van der Waals surface area contributed by atoms with Crippen molar-refractivity contribution in [1.29, 1.82) is 0 Å². The molecule has 2 heterocycles. The van der Waals surface area contributed by atoms with Crippen LogP contribution >= 0.6 is 0 Å². The molecule has 2 fully saturated rings. The van der Waals surface area contributed by atoms with E-state index in [1.54, 1.807) is 4.90 Å². The molecule has 1 aromatic rings. The molecular weight excluding hydrogens is 328 g/mol. The second kappa shape index (κ2) is 8.08. The Balaban J connectivity index is 1.50. The molecule has 6 nitrogen and oxygen atoms in total. The first-order valence-corrected chi connectivity index (χ1v) is 9.64. The Hall–Kier alpha value is -2.08. The maximum atomic E-state index is 12.4. The van der Waals surface area contributed by atoms with Crippen molar-refractivity contribution in [3.63, 3.8) is 0 Å². The number of nitrogens with zero attached hydrogens (tertiary/aromatic N) is 2. The van der Waals surface area contributed by atoms with Crippen molar-refractivity contribution in [2.45, 2.75) is 52.1 Å². The summed E-state index contributed by atoms with van der Waals surface area (Å²) < 4.78 is 0. The first kappa shape index (κ1) is 18.7. The third-order valence-corrected chi connectivity index (χ3v) is 5.67. The summed E-state index contributed by atoms with van der Waals surface area (Å²) in [5.41, 5.74) is 3.29. The van der Waals surface area contributed by atoms with Gasteiger partial charge in [-0.05, 0) is 63.0 Å². The van der Waals surface area contributed by atoms with Gasteiger partial charge < -0.3 is 15.5 Å². The second-order valence-electron chi connectivity index (χ2n) is 7.45. The van der Waals surface area contributed by atoms with Gasteiger partial charge in [-0.3, -0.25) is 9.69 Å². The van der Waals surface area contributed by atoms with Crippen molar-refractivity contribution in [3.8, 4) is 0 Å². The van der Waals surface area contributed by atoms with Crippen molar-refractivity contribution < 1.29 is 9.59 Å². The Kier molecular flexibility index (Phi) is 5.81. The van der Waals surface area contributed by atoms with E-state index < -0.39 is 0 Å². The fourth-order valence-electron chi connectivity index (χ4n) is 3.94. The fraction of sp³-hybridized carbons (Fsp3) is 0.600. The molecule has 0 unspecified atom stereocenters. The van der Waals surface area contributed by atoms with Crippen LogP contribution in [0.1, 0.15) is 37.3 Å². The molecule has 2 aliphatic rings. The number of likely N-dealkylation sites (tertiary alicyclic amines) is 1. The third-order valence-electron chi connectivity index (χ3n) is 5.67. The molecule has 1 aromatic carbocycles. The van der Waals surface area contributed by atoms with Crippen LogP contribution in [0.3, 0.4) is 0 Å². The van der Waals surface area contributed by atoms with Gasteiger partial charge in [-0.1, -0.05) is 13.0 Å². The Morgan fingerprint density at radius 3 is 2.81 bits per heavy atom. The van der Waals surface area contributed by atoms with Crippen molar-refractivity contribution in [2.24, 2.45) is 0 Å². The van der Waals surface area contributed by atoms with Crippen molar-refractivity contribution in [2.75, 3.05) is 31.1 Å². The number of carbonyl (C=O) groups is 2. The highest BCUT2D eigenvalue weighted by Gasteiger charge is 2.32. The van der Waals surface area contributed by atoms with Gasteiger partial charge in [0, 0.05) is 31.2 Å². The molecule has 2 atom stereocenters. The molecule has 0 radical (unpaired) electrons. The first-order valence-electron chi connectivity index (χ1n) is 9.64. The van der Waals surface area contributed by atoms with Crippen LogP contribution in [0.2, 0.25) is 0 Å². The van der Waals surface area contributed by atoms with Crippen molar-refractivity contribution in [3.05, 3.63) is 29.3 Å². The molecule has 2 N–H and O–H groups in total. The minimum Gasteiger partial charge on any atom is -0.337 e. The molecule has 2 aliphatic heterocycles. The van der Waals surface area contributed by atoms with Gasteiger partial charge in [0.2, 0.25) is 5.91 Å². The number of carbonyl (C=O) groups excluding carboxylic acids is 2. The minimum atomic E-state index is -0.173. The van der Waals surface area contributed by atoms with Crippen LogP contribution in [0, 0.1) is 13.8 Å². The zero-order valence-electron chi connectivity index (χ0n) is 16.0. The first-order chi connectivity index (χ1) is 12.5. The lowest BCUT2D eigenvalue weighted by molar-refractivity contribution is -0.117. The Morgan fingerprint density at radius 2 is 2.08 bits per heavy atom. The average molecular weight is 358 g/mol. The van der Waals surface area contributed by atoms with Crippen molar-refractivity contribution >= 4 is 17.6 Å². The topological polar surface area (TPSA) is 64.7 Å². The Bertz CT molecular complexity index is 676. The van der Waals surface area contributed by atoms with Gasteiger partial charge in [0.1, 0.15) is 0 Å². The van der Waals surface area contributed by atoms with E-state index in [1.165, 1.54) is 17.5 Å². The predicted octanol–water partition coefficient (Wildman–Crippen LogP) is 2.19. The number of likely N-dealkylation sites (N-methyl/N-ethyl adjacent to an activating group) is 1. The number of benzene rings is 1. The zero-order valence-corrected chi connectivity index (χ0v) is 16.0. The smallest absolute Gasteiger partial charge is 0.315 e. The lowest BCUT2D eigenvalue weighted by Gasteiger charge is -2.23. The largest absolute Gasteiger partial charge is 0.337 e. The van der Waals surface area contributed by atoms with Crippen LogP contribution in [0.15, 0.2) is 18.2 Å². The van der Waals surface area contributed by atoms with E-state index >= 15 is 0 Å². The SMILES string of the molecule is CCN1CCC[C@H]1CNC(=O)N[C@H]1CC(=O)N(c2ccc(C)c(C)c2)C1. The van der Waals surface area contributed by atoms with Crippen LogP contribution in [-0.2, 0) is 4.79 Å². The monoisotopic (exact) mass is 358 g/mol. The van der Waals surface area contributed by atoms with Gasteiger partial charge >= 0.3 is 6.03 Å². The molecule has 0 saturated carbocycles. The van der Waals surface area contributed by atoms with Gasteiger partial charge in [0.05, 0.1) is 6.04 Å². The van der Waals surface area contributed by atoms with Gasteiger partial charge in [-0.2, -0.15) is 0 Å². The molecular formula is C20H30N4O2. The molecule has 3 rings (SSSR count). The number of aryl methyl sites for hydroxylation is 2. The summed E-state index contributed by atoms with van der Waals surface area (Å²) in [6, 6.07) is 6.16. The van der Waals surface area contributed by atoms with Crippen LogP contribution in [0.5, 0.6) is 0 Å². The molecule has 0 aliphatic carbocycles. The van der Waals surface area contributed by atoms with Gasteiger partial charge in [0.15, 0.2) is 0 Å². The van der Waals surface area contributed by atoms with E-state index in [0.29, 0.717) is 25.6 Å². The van der Waals surface area contributed by atoms with E-state index in [0.717, 1.165) is 25.2 Å². The number of hydrogen-bond acceptors (Lipinski definition) is 3. The average Bonchev–Trinajstić information content (AvgIpc) is 3.21. The number of hydrogen-bond donors (Lipinski definition) is 2. The van der Waals surface area contributed by atoms with Crippen LogP contribution in [0.25, 0.3) is 0 Å². The highest BCUT2D eigenvalue weighted by atomic mass is 16.2. The maximum Gasteiger partial charge on any atom is 0.315 e. The molecule has 0 bridgehead atoms. The number of nitrogens with one attached hydrogen (secondary N) is 2. The van der Waals surface area contributed by atoms with Crippen molar-refractivity contribution in [1.82, 2.24) is 15.5 Å². The van der Waals surface area contributed by atoms with E-state index in [-0.39, 0.29) is 18.0 Å². The predicted molar refractivity (Wildman–Crippen MR) is 103 cm³/mol. The molecule has 6 heteroatoms. The normalized spacial score (nSPS) is 23.5. The Morgan fingerprint density at radius 1 is 1.27 bits per heavy atom. The summed E-state index contributed by atoms with van der Waals surface area (Å²) in [6.07, 6.45) is 2.69. The summed E-state index contributed by atoms with van der Waals surface area (Å²) in [5.74, 6) is 0.0616. The van der Waals surface area contributed by atoms with Crippen LogP contribution < -0.4 is 15.5 Å². The van der Waals surface area contributed by atoms with E-state index in [4.69, 9.17) is 0 Å². The number of rotatable bonds is 5. The highest BCUT2D eigenvalue weighted by molar-refractivity contribution is 5.96. The van der Waals surface area contributed by atoms with E-state index in [9.17, 15) is 9.59 Å². The summed E-state index contributed by atoms with van der Waals surface area (Å²) in [6.45, 7) is 9.60. The quantitative estimate of drug-likeness (QED) is 0.848. The maximum absolute atomic E-state index is 12.4. The van der Waals surface area contributed by atoms with E-state index in [2.05, 4.69) is 29.4 Å². The van der Waals surface area contributed by atoms with Crippen LogP contribution in [0.4, 0.5) is 10.5 Å². The highest BCUT2D eigenvalue weighted by Crippen LogP contribution is 2.24. The number of amides is 3. The Labute approximate surface area is 155 Å². The fourth-order valence-corrected chi connectivity index (χ4v) is 3.94.